The van der Waals surface area contributed by atoms with E-state index >= 15 is 0 Å². The van der Waals surface area contributed by atoms with E-state index in [9.17, 15) is 4.79 Å². The number of nitrogens with two attached hydrogens (primary N) is 1. The van der Waals surface area contributed by atoms with Gasteiger partial charge in [0.25, 0.3) is 5.91 Å². The van der Waals surface area contributed by atoms with Crippen molar-refractivity contribution in [3.8, 4) is 11.8 Å². The summed E-state index contributed by atoms with van der Waals surface area (Å²) in [4.78, 5) is 16.0. The van der Waals surface area contributed by atoms with Crippen LogP contribution in [0.4, 0.5) is 0 Å². The van der Waals surface area contributed by atoms with Gasteiger partial charge in [-0.3, -0.25) is 4.79 Å². The number of nitrogens with one attached hydrogen (secondary N) is 1. The van der Waals surface area contributed by atoms with Crippen LogP contribution in [0.1, 0.15) is 21.8 Å². The van der Waals surface area contributed by atoms with Gasteiger partial charge < -0.3 is 15.6 Å². The van der Waals surface area contributed by atoms with Gasteiger partial charge in [-0.05, 0) is 12.1 Å². The van der Waals surface area contributed by atoms with Crippen molar-refractivity contribution in [2.75, 3.05) is 6.54 Å². The van der Waals surface area contributed by atoms with Crippen LogP contribution in [0.3, 0.4) is 0 Å². The molecule has 0 aliphatic carbocycles. The minimum atomic E-state index is -0.321. The zero-order valence-corrected chi connectivity index (χ0v) is 10.1. The molecule has 1 amide bonds. The highest BCUT2D eigenvalue weighted by Crippen LogP contribution is 2.04. The van der Waals surface area contributed by atoms with Gasteiger partial charge in [0.15, 0.2) is 5.76 Å². The summed E-state index contributed by atoms with van der Waals surface area (Å²) in [7, 11) is 0. The average molecular weight is 256 g/mol. The van der Waals surface area contributed by atoms with Gasteiger partial charge in [0.2, 0.25) is 0 Å². The zero-order valence-electron chi connectivity index (χ0n) is 10.1. The Kier molecular flexibility index (Phi) is 4.26. The number of carbonyl (C=O) groups is 1. The van der Waals surface area contributed by atoms with Crippen LogP contribution in [0.25, 0.3) is 0 Å². The summed E-state index contributed by atoms with van der Waals surface area (Å²) in [6.07, 6.45) is 3.05. The van der Waals surface area contributed by atoms with Crippen LogP contribution in [-0.2, 0) is 6.54 Å². The van der Waals surface area contributed by atoms with Gasteiger partial charge in [-0.2, -0.15) is 0 Å². The Morgan fingerprint density at radius 2 is 2.32 bits per heavy atom. The molecule has 6 heteroatoms. The summed E-state index contributed by atoms with van der Waals surface area (Å²) < 4.78 is 4.89. The van der Waals surface area contributed by atoms with Crippen molar-refractivity contribution in [3.63, 3.8) is 0 Å². The number of hydrogen-bond acceptors (Lipinski definition) is 5. The predicted molar refractivity (Wildman–Crippen MR) is 67.8 cm³/mol. The molecule has 0 radical (unpaired) electrons. The van der Waals surface area contributed by atoms with Crippen LogP contribution in [0.2, 0.25) is 0 Å². The molecule has 0 saturated heterocycles. The van der Waals surface area contributed by atoms with Crippen molar-refractivity contribution in [2.24, 2.45) is 5.73 Å². The van der Waals surface area contributed by atoms with Gasteiger partial charge in [-0.15, -0.1) is 0 Å². The molecule has 0 spiro atoms. The molecule has 2 aromatic heterocycles. The molecular formula is C13H12N4O2. The van der Waals surface area contributed by atoms with Crippen molar-refractivity contribution in [1.82, 2.24) is 15.5 Å². The summed E-state index contributed by atoms with van der Waals surface area (Å²) in [5.74, 6) is 5.76. The summed E-state index contributed by atoms with van der Waals surface area (Å²) in [5, 5.41) is 6.24. The molecule has 96 valence electrons. The number of pyridine rings is 1. The van der Waals surface area contributed by atoms with Crippen LogP contribution < -0.4 is 11.1 Å². The Bertz CT molecular complexity index is 611. The summed E-state index contributed by atoms with van der Waals surface area (Å²) in [6, 6.07) is 5.11. The van der Waals surface area contributed by atoms with Gasteiger partial charge in [-0.25, -0.2) is 4.98 Å². The largest absolute Gasteiger partial charge is 0.360 e. The van der Waals surface area contributed by atoms with Crippen LogP contribution >= 0.6 is 0 Å². The standard InChI is InChI=1S/C13H12N4O2/c14-6-1-3-10-4-2-7-15-12(10)13(18)16-9-11-5-8-17-19-11/h2,4-5,7-8H,6,9,14H2,(H,16,18). The van der Waals surface area contributed by atoms with E-state index in [1.165, 1.54) is 12.4 Å². The molecule has 0 unspecified atom stereocenters. The lowest BCUT2D eigenvalue weighted by Gasteiger charge is -2.03. The van der Waals surface area contributed by atoms with E-state index in [-0.39, 0.29) is 24.7 Å². The molecule has 3 N–H and O–H groups in total. The topological polar surface area (TPSA) is 94.0 Å². The maximum absolute atomic E-state index is 12.0. The van der Waals surface area contributed by atoms with Gasteiger partial charge in [0.05, 0.1) is 24.8 Å². The first-order chi connectivity index (χ1) is 9.31. The molecule has 2 aromatic rings. The van der Waals surface area contributed by atoms with E-state index in [0.29, 0.717) is 11.3 Å². The van der Waals surface area contributed by atoms with Gasteiger partial charge >= 0.3 is 0 Å². The van der Waals surface area contributed by atoms with Gasteiger partial charge in [-0.1, -0.05) is 17.0 Å². The third-order valence-corrected chi connectivity index (χ3v) is 2.26. The maximum Gasteiger partial charge on any atom is 0.271 e. The fourth-order valence-corrected chi connectivity index (χ4v) is 1.42. The SMILES string of the molecule is NCC#Cc1cccnc1C(=O)NCc1ccno1. The van der Waals surface area contributed by atoms with Crippen molar-refractivity contribution < 1.29 is 9.32 Å². The summed E-state index contributed by atoms with van der Waals surface area (Å²) >= 11 is 0. The lowest BCUT2D eigenvalue weighted by Crippen LogP contribution is -2.24. The summed E-state index contributed by atoms with van der Waals surface area (Å²) in [5.41, 5.74) is 6.12. The van der Waals surface area contributed by atoms with Crippen LogP contribution in [-0.4, -0.2) is 22.6 Å². The fraction of sp³-hybridized carbons (Fsp3) is 0.154. The van der Waals surface area contributed by atoms with Gasteiger partial charge in [0, 0.05) is 12.3 Å². The average Bonchev–Trinajstić information content (AvgIpc) is 2.96. The van der Waals surface area contributed by atoms with E-state index in [2.05, 4.69) is 27.3 Å². The number of rotatable bonds is 3. The summed E-state index contributed by atoms with van der Waals surface area (Å²) in [6.45, 7) is 0.479. The minimum absolute atomic E-state index is 0.230. The zero-order chi connectivity index (χ0) is 13.5. The maximum atomic E-state index is 12.0. The first-order valence-corrected chi connectivity index (χ1v) is 5.63. The molecular weight excluding hydrogens is 244 g/mol. The minimum Gasteiger partial charge on any atom is -0.360 e. The molecule has 2 heterocycles. The second kappa shape index (κ2) is 6.33. The number of carbonyl (C=O) groups excluding carboxylic acids is 1. The first kappa shape index (κ1) is 12.8. The number of amides is 1. The van der Waals surface area contributed by atoms with E-state index in [1.807, 2.05) is 0 Å². The van der Waals surface area contributed by atoms with E-state index in [1.54, 1.807) is 18.2 Å². The lowest BCUT2D eigenvalue weighted by molar-refractivity contribution is 0.0942. The molecule has 0 aliphatic heterocycles. The Hall–Kier alpha value is -2.65. The number of nitrogens with zero attached hydrogens (tertiary/aromatic N) is 2. The first-order valence-electron chi connectivity index (χ1n) is 5.63. The highest BCUT2D eigenvalue weighted by Gasteiger charge is 2.11. The van der Waals surface area contributed by atoms with Gasteiger partial charge in [0.1, 0.15) is 5.69 Å². The predicted octanol–water partition coefficient (Wildman–Crippen LogP) is 0.310. The number of hydrogen-bond donors (Lipinski definition) is 2. The fourth-order valence-electron chi connectivity index (χ4n) is 1.42. The molecule has 19 heavy (non-hydrogen) atoms. The van der Waals surface area contributed by atoms with Crippen molar-refractivity contribution in [2.45, 2.75) is 6.54 Å². The second-order valence-corrected chi connectivity index (χ2v) is 3.57. The van der Waals surface area contributed by atoms with Crippen molar-refractivity contribution in [1.29, 1.82) is 0 Å². The lowest BCUT2D eigenvalue weighted by atomic mass is 10.2. The van der Waals surface area contributed by atoms with Crippen LogP contribution in [0.5, 0.6) is 0 Å². The third kappa shape index (κ3) is 3.40. The van der Waals surface area contributed by atoms with E-state index in [0.717, 1.165) is 0 Å². The Balaban J connectivity index is 2.10. The quantitative estimate of drug-likeness (QED) is 0.771. The molecule has 0 bridgehead atoms. The number of aromatic nitrogens is 2. The van der Waals surface area contributed by atoms with E-state index < -0.39 is 0 Å². The molecule has 0 atom stereocenters. The molecule has 0 aromatic carbocycles. The molecule has 2 rings (SSSR count). The molecule has 0 saturated carbocycles. The van der Waals surface area contributed by atoms with E-state index in [4.69, 9.17) is 10.3 Å². The molecule has 0 aliphatic rings. The Morgan fingerprint density at radius 3 is 3.05 bits per heavy atom. The second-order valence-electron chi connectivity index (χ2n) is 3.57. The normalized spacial score (nSPS) is 9.53. The highest BCUT2D eigenvalue weighted by molar-refractivity contribution is 5.94. The third-order valence-electron chi connectivity index (χ3n) is 2.26. The molecule has 6 nitrogen and oxygen atoms in total. The highest BCUT2D eigenvalue weighted by atomic mass is 16.5. The smallest absolute Gasteiger partial charge is 0.271 e. The van der Waals surface area contributed by atoms with Crippen LogP contribution in [0.15, 0.2) is 35.1 Å². The Labute approximate surface area is 110 Å². The van der Waals surface area contributed by atoms with Crippen LogP contribution in [0, 0.1) is 11.8 Å². The van der Waals surface area contributed by atoms with Crippen molar-refractivity contribution in [3.05, 3.63) is 47.6 Å². The monoisotopic (exact) mass is 256 g/mol. The Morgan fingerprint density at radius 1 is 1.42 bits per heavy atom. The van der Waals surface area contributed by atoms with Crippen molar-refractivity contribution >= 4 is 5.91 Å². The molecule has 0 fully saturated rings.